The second kappa shape index (κ2) is 9.77. The molecule has 6 nitrogen and oxygen atoms in total. The molecule has 0 amide bonds. The smallest absolute Gasteiger partial charge is 0.216 e. The maximum Gasteiger partial charge on any atom is 0.216 e. The van der Waals surface area contributed by atoms with Gasteiger partial charge in [0.25, 0.3) is 0 Å². The molecule has 7 heteroatoms. The molecule has 0 aromatic heterocycles. The molecule has 0 spiro atoms. The Morgan fingerprint density at radius 3 is 2.20 bits per heavy atom. The maximum atomic E-state index is 12.2. The molecule has 0 radical (unpaired) electrons. The Balaban J connectivity index is 2.80. The molecule has 0 heterocycles. The summed E-state index contributed by atoms with van der Waals surface area (Å²) in [6.07, 6.45) is 0. The SMILES string of the molecule is CN=C(NCc1ccccc1CS(=O)(=O)NC(C)C)NC(C)C(C)C. The van der Waals surface area contributed by atoms with Crippen LogP contribution >= 0.6 is 0 Å². The van der Waals surface area contributed by atoms with Crippen LogP contribution in [0.3, 0.4) is 0 Å². The van der Waals surface area contributed by atoms with Crippen LogP contribution in [0.25, 0.3) is 0 Å². The van der Waals surface area contributed by atoms with E-state index in [0.717, 1.165) is 11.1 Å². The lowest BCUT2D eigenvalue weighted by molar-refractivity contribution is 0.481. The first kappa shape index (κ1) is 21.4. The predicted octanol–water partition coefficient (Wildman–Crippen LogP) is 2.22. The summed E-state index contributed by atoms with van der Waals surface area (Å²) in [5.41, 5.74) is 1.73. The Hall–Kier alpha value is -1.60. The van der Waals surface area contributed by atoms with Crippen molar-refractivity contribution in [1.29, 1.82) is 0 Å². The highest BCUT2D eigenvalue weighted by molar-refractivity contribution is 7.88. The highest BCUT2D eigenvalue weighted by Crippen LogP contribution is 2.12. The zero-order valence-electron chi connectivity index (χ0n) is 16.1. The highest BCUT2D eigenvalue weighted by atomic mass is 32.2. The van der Waals surface area contributed by atoms with Crippen molar-refractivity contribution < 1.29 is 8.42 Å². The maximum absolute atomic E-state index is 12.2. The molecule has 142 valence electrons. The van der Waals surface area contributed by atoms with E-state index >= 15 is 0 Å². The summed E-state index contributed by atoms with van der Waals surface area (Å²) in [6, 6.07) is 7.73. The van der Waals surface area contributed by atoms with Gasteiger partial charge in [-0.2, -0.15) is 0 Å². The van der Waals surface area contributed by atoms with Crippen LogP contribution < -0.4 is 15.4 Å². The fraction of sp³-hybridized carbons (Fsp3) is 0.611. The number of nitrogens with zero attached hydrogens (tertiary/aromatic N) is 1. The van der Waals surface area contributed by atoms with Gasteiger partial charge in [0.05, 0.1) is 5.75 Å². The fourth-order valence-corrected chi connectivity index (χ4v) is 3.72. The number of nitrogens with one attached hydrogen (secondary N) is 3. The van der Waals surface area contributed by atoms with Crippen LogP contribution in [-0.4, -0.2) is 33.5 Å². The third-order valence-corrected chi connectivity index (χ3v) is 5.44. The second-order valence-corrected chi connectivity index (χ2v) is 8.66. The number of hydrogen-bond acceptors (Lipinski definition) is 3. The van der Waals surface area contributed by atoms with Gasteiger partial charge in [-0.25, -0.2) is 13.1 Å². The highest BCUT2D eigenvalue weighted by Gasteiger charge is 2.15. The van der Waals surface area contributed by atoms with Crippen LogP contribution in [0, 0.1) is 5.92 Å². The largest absolute Gasteiger partial charge is 0.354 e. The number of hydrogen-bond donors (Lipinski definition) is 3. The molecule has 0 fully saturated rings. The molecule has 1 unspecified atom stereocenters. The minimum Gasteiger partial charge on any atom is -0.354 e. The van der Waals surface area contributed by atoms with Gasteiger partial charge in [0.2, 0.25) is 10.0 Å². The third-order valence-electron chi connectivity index (χ3n) is 3.91. The van der Waals surface area contributed by atoms with E-state index in [-0.39, 0.29) is 17.8 Å². The molecule has 1 rings (SSSR count). The van der Waals surface area contributed by atoms with Crippen molar-refractivity contribution in [3.63, 3.8) is 0 Å². The summed E-state index contributed by atoms with van der Waals surface area (Å²) >= 11 is 0. The first-order valence-corrected chi connectivity index (χ1v) is 10.3. The molecule has 0 saturated heterocycles. The van der Waals surface area contributed by atoms with Crippen molar-refractivity contribution in [3.05, 3.63) is 35.4 Å². The minimum absolute atomic E-state index is 0.0303. The summed E-state index contributed by atoms with van der Waals surface area (Å²) in [6.45, 7) is 10.5. The summed E-state index contributed by atoms with van der Waals surface area (Å²) in [7, 11) is -1.63. The predicted molar refractivity (Wildman–Crippen MR) is 105 cm³/mol. The van der Waals surface area contributed by atoms with E-state index in [1.54, 1.807) is 7.05 Å². The molecule has 1 aromatic carbocycles. The molecular formula is C18H32N4O2S. The Morgan fingerprint density at radius 2 is 1.68 bits per heavy atom. The van der Waals surface area contributed by atoms with Gasteiger partial charge < -0.3 is 10.6 Å². The minimum atomic E-state index is -3.35. The number of benzene rings is 1. The van der Waals surface area contributed by atoms with Gasteiger partial charge in [0.15, 0.2) is 5.96 Å². The second-order valence-electron chi connectivity index (χ2n) is 6.90. The van der Waals surface area contributed by atoms with Gasteiger partial charge in [-0.3, -0.25) is 4.99 Å². The van der Waals surface area contributed by atoms with Crippen LogP contribution in [-0.2, 0) is 22.3 Å². The van der Waals surface area contributed by atoms with Gasteiger partial charge in [0, 0.05) is 25.7 Å². The Bertz CT molecular complexity index is 669. The van der Waals surface area contributed by atoms with E-state index in [9.17, 15) is 8.42 Å². The molecule has 25 heavy (non-hydrogen) atoms. The van der Waals surface area contributed by atoms with Crippen molar-refractivity contribution in [2.45, 2.75) is 59.0 Å². The number of guanidine groups is 1. The van der Waals surface area contributed by atoms with Crippen LogP contribution in [0.2, 0.25) is 0 Å². The van der Waals surface area contributed by atoms with Gasteiger partial charge in [-0.05, 0) is 37.8 Å². The van der Waals surface area contributed by atoms with E-state index < -0.39 is 10.0 Å². The zero-order chi connectivity index (χ0) is 19.0. The van der Waals surface area contributed by atoms with E-state index in [4.69, 9.17) is 0 Å². The molecule has 0 aliphatic heterocycles. The lowest BCUT2D eigenvalue weighted by Gasteiger charge is -2.21. The van der Waals surface area contributed by atoms with Crippen LogP contribution in [0.5, 0.6) is 0 Å². The molecule has 0 aliphatic carbocycles. The summed E-state index contributed by atoms with van der Waals surface area (Å²) in [5.74, 6) is 1.16. The Labute approximate surface area is 152 Å². The first-order valence-electron chi connectivity index (χ1n) is 8.68. The van der Waals surface area contributed by atoms with Gasteiger partial charge >= 0.3 is 0 Å². The van der Waals surface area contributed by atoms with Crippen molar-refractivity contribution >= 4 is 16.0 Å². The van der Waals surface area contributed by atoms with E-state index in [0.29, 0.717) is 18.4 Å². The average molecular weight is 369 g/mol. The van der Waals surface area contributed by atoms with Gasteiger partial charge in [-0.1, -0.05) is 38.1 Å². The summed E-state index contributed by atoms with van der Waals surface area (Å²) < 4.78 is 27.0. The fourth-order valence-electron chi connectivity index (χ4n) is 2.23. The van der Waals surface area contributed by atoms with Crippen LogP contribution in [0.15, 0.2) is 29.3 Å². The lowest BCUT2D eigenvalue weighted by Crippen LogP contribution is -2.44. The third kappa shape index (κ3) is 7.88. The Morgan fingerprint density at radius 1 is 1.08 bits per heavy atom. The first-order chi connectivity index (χ1) is 11.6. The van der Waals surface area contributed by atoms with Crippen molar-refractivity contribution in [1.82, 2.24) is 15.4 Å². The summed E-state index contributed by atoms with van der Waals surface area (Å²) in [4.78, 5) is 4.23. The zero-order valence-corrected chi connectivity index (χ0v) is 16.9. The standard InChI is InChI=1S/C18H32N4O2S/c1-13(2)15(5)21-18(19-6)20-11-16-9-7-8-10-17(16)12-25(23,24)22-14(3)4/h7-10,13-15,22H,11-12H2,1-6H3,(H2,19,20,21). The number of aliphatic imine (C=N–C) groups is 1. The summed E-state index contributed by atoms with van der Waals surface area (Å²) in [5, 5.41) is 6.60. The van der Waals surface area contributed by atoms with Crippen molar-refractivity contribution in [2.24, 2.45) is 10.9 Å². The van der Waals surface area contributed by atoms with Gasteiger partial charge in [0.1, 0.15) is 0 Å². The molecular weight excluding hydrogens is 336 g/mol. The molecule has 3 N–H and O–H groups in total. The normalized spacial score (nSPS) is 14.0. The lowest BCUT2D eigenvalue weighted by atomic mass is 10.1. The molecule has 1 atom stereocenters. The van der Waals surface area contributed by atoms with Gasteiger partial charge in [-0.15, -0.1) is 0 Å². The van der Waals surface area contributed by atoms with E-state index in [1.165, 1.54) is 0 Å². The van der Waals surface area contributed by atoms with Crippen molar-refractivity contribution in [2.75, 3.05) is 7.05 Å². The number of sulfonamides is 1. The van der Waals surface area contributed by atoms with Crippen molar-refractivity contribution in [3.8, 4) is 0 Å². The van der Waals surface area contributed by atoms with E-state index in [2.05, 4.69) is 41.1 Å². The Kier molecular flexibility index (Phi) is 8.38. The number of rotatable bonds is 8. The molecule has 0 saturated carbocycles. The molecule has 0 bridgehead atoms. The molecule has 0 aliphatic rings. The average Bonchev–Trinajstić information content (AvgIpc) is 2.50. The van der Waals surface area contributed by atoms with E-state index in [1.807, 2.05) is 38.1 Å². The molecule has 1 aromatic rings. The van der Waals surface area contributed by atoms with Crippen LogP contribution in [0.1, 0.15) is 45.7 Å². The quantitative estimate of drug-likeness (QED) is 0.485. The monoisotopic (exact) mass is 368 g/mol. The topological polar surface area (TPSA) is 82.6 Å². The van der Waals surface area contributed by atoms with Crippen LogP contribution in [0.4, 0.5) is 0 Å².